The molecule has 0 spiro atoms. The number of aromatic nitrogens is 2. The van der Waals surface area contributed by atoms with Crippen LogP contribution in [0.5, 0.6) is 16.7 Å². The standard InChI is InChI=1S/C23H26N4O3S/c1-15(28)27-17-4-5-18(27)14-16(13-17)24-11-12-29-19-6-8-20(9-7-19)30-23-26-22-21(31-23)3-2-10-25-22/h2-3,6-10,16-18,24H,4-5,11-14H2,1H3/t16?,17-,18+. The van der Waals surface area contributed by atoms with Crippen molar-refractivity contribution in [3.63, 3.8) is 0 Å². The zero-order valence-electron chi connectivity index (χ0n) is 17.5. The van der Waals surface area contributed by atoms with Gasteiger partial charge in [-0.25, -0.2) is 4.98 Å². The van der Waals surface area contributed by atoms with Crippen LogP contribution < -0.4 is 14.8 Å². The summed E-state index contributed by atoms with van der Waals surface area (Å²) in [4.78, 5) is 22.5. The van der Waals surface area contributed by atoms with E-state index in [9.17, 15) is 4.79 Å². The second-order valence-corrected chi connectivity index (χ2v) is 9.15. The zero-order chi connectivity index (χ0) is 21.2. The zero-order valence-corrected chi connectivity index (χ0v) is 18.3. The van der Waals surface area contributed by atoms with E-state index < -0.39 is 0 Å². The molecule has 8 heteroatoms. The quantitative estimate of drug-likeness (QED) is 0.562. The number of rotatable bonds is 7. The molecule has 4 heterocycles. The number of fused-ring (bicyclic) bond motifs is 3. The third-order valence-corrected chi connectivity index (χ3v) is 6.96. The molecule has 0 aliphatic carbocycles. The number of nitrogens with zero attached hydrogens (tertiary/aromatic N) is 3. The Bertz CT molecular complexity index is 1010. The molecule has 3 aromatic rings. The van der Waals surface area contributed by atoms with Crippen LogP contribution in [-0.4, -0.2) is 52.1 Å². The van der Waals surface area contributed by atoms with E-state index in [1.807, 2.05) is 36.4 Å². The van der Waals surface area contributed by atoms with E-state index in [0.29, 0.717) is 35.6 Å². The summed E-state index contributed by atoms with van der Waals surface area (Å²) >= 11 is 1.48. The first-order valence-corrected chi connectivity index (χ1v) is 11.6. The lowest BCUT2D eigenvalue weighted by atomic mass is 9.97. The van der Waals surface area contributed by atoms with Gasteiger partial charge in [0.05, 0.1) is 4.70 Å². The Morgan fingerprint density at radius 1 is 1.16 bits per heavy atom. The Kier molecular flexibility index (Phi) is 5.74. The lowest BCUT2D eigenvalue weighted by molar-refractivity contribution is -0.133. The van der Waals surface area contributed by atoms with Crippen molar-refractivity contribution in [1.29, 1.82) is 0 Å². The molecule has 2 bridgehead atoms. The van der Waals surface area contributed by atoms with Crippen molar-refractivity contribution in [3.05, 3.63) is 42.6 Å². The number of carbonyl (C=O) groups excluding carboxylic acids is 1. The SMILES string of the molecule is CC(=O)N1[C@@H]2CC[C@H]1CC(NCCOc1ccc(Oc3nc4ncccc4s3)cc1)C2. The fourth-order valence-corrected chi connectivity index (χ4v) is 5.58. The molecule has 7 nitrogen and oxygen atoms in total. The maximum Gasteiger partial charge on any atom is 0.281 e. The minimum atomic E-state index is 0.224. The van der Waals surface area contributed by atoms with Crippen LogP contribution in [0.1, 0.15) is 32.6 Å². The van der Waals surface area contributed by atoms with Crippen LogP contribution in [-0.2, 0) is 4.79 Å². The van der Waals surface area contributed by atoms with Gasteiger partial charge in [0, 0.05) is 37.8 Å². The largest absolute Gasteiger partial charge is 0.492 e. The fraction of sp³-hybridized carbons (Fsp3) is 0.435. The van der Waals surface area contributed by atoms with Gasteiger partial charge in [-0.2, -0.15) is 4.98 Å². The highest BCUT2D eigenvalue weighted by Crippen LogP contribution is 2.35. The van der Waals surface area contributed by atoms with Gasteiger partial charge in [-0.1, -0.05) is 11.3 Å². The molecule has 1 unspecified atom stereocenters. The van der Waals surface area contributed by atoms with Gasteiger partial charge in [0.15, 0.2) is 5.65 Å². The van der Waals surface area contributed by atoms with Gasteiger partial charge in [0.2, 0.25) is 5.91 Å². The van der Waals surface area contributed by atoms with E-state index in [0.717, 1.165) is 48.4 Å². The molecule has 1 amide bonds. The number of piperidine rings is 1. The monoisotopic (exact) mass is 438 g/mol. The third kappa shape index (κ3) is 4.50. The molecule has 0 saturated carbocycles. The normalized spacial score (nSPS) is 22.6. The molecule has 162 valence electrons. The van der Waals surface area contributed by atoms with E-state index in [4.69, 9.17) is 9.47 Å². The first-order valence-electron chi connectivity index (χ1n) is 10.8. The number of hydrogen-bond acceptors (Lipinski definition) is 7. The third-order valence-electron chi connectivity index (χ3n) is 6.07. The molecule has 2 aliphatic heterocycles. The molecule has 2 aliphatic rings. The summed E-state index contributed by atoms with van der Waals surface area (Å²) in [7, 11) is 0. The van der Waals surface area contributed by atoms with Crippen molar-refractivity contribution >= 4 is 27.6 Å². The van der Waals surface area contributed by atoms with Crippen molar-refractivity contribution in [2.45, 2.75) is 50.7 Å². The van der Waals surface area contributed by atoms with Crippen LogP contribution in [0.2, 0.25) is 0 Å². The molecule has 3 atom stereocenters. The van der Waals surface area contributed by atoms with Gasteiger partial charge in [-0.15, -0.1) is 0 Å². The van der Waals surface area contributed by atoms with Gasteiger partial charge in [-0.05, 0) is 62.1 Å². The van der Waals surface area contributed by atoms with Crippen molar-refractivity contribution in [2.24, 2.45) is 0 Å². The Morgan fingerprint density at radius 2 is 1.90 bits per heavy atom. The van der Waals surface area contributed by atoms with Crippen molar-refractivity contribution < 1.29 is 14.3 Å². The highest BCUT2D eigenvalue weighted by Gasteiger charge is 2.41. The molecule has 5 rings (SSSR count). The van der Waals surface area contributed by atoms with Crippen LogP contribution in [0.3, 0.4) is 0 Å². The Balaban J connectivity index is 1.07. The maximum atomic E-state index is 11.8. The second-order valence-electron chi connectivity index (χ2n) is 8.16. The van der Waals surface area contributed by atoms with E-state index in [1.165, 1.54) is 11.3 Å². The highest BCUT2D eigenvalue weighted by atomic mass is 32.1. The summed E-state index contributed by atoms with van der Waals surface area (Å²) in [5.74, 6) is 1.75. The van der Waals surface area contributed by atoms with E-state index in [1.54, 1.807) is 13.1 Å². The average molecular weight is 439 g/mol. The van der Waals surface area contributed by atoms with Gasteiger partial charge in [0.25, 0.3) is 5.19 Å². The van der Waals surface area contributed by atoms with Crippen LogP contribution in [0, 0.1) is 0 Å². The van der Waals surface area contributed by atoms with Crippen LogP contribution in [0.15, 0.2) is 42.6 Å². The highest BCUT2D eigenvalue weighted by molar-refractivity contribution is 7.20. The lowest BCUT2D eigenvalue weighted by Crippen LogP contribution is -2.51. The van der Waals surface area contributed by atoms with Crippen LogP contribution in [0.4, 0.5) is 0 Å². The fourth-order valence-electron chi connectivity index (χ4n) is 4.79. The summed E-state index contributed by atoms with van der Waals surface area (Å²) in [5, 5.41) is 4.19. The Labute approximate surface area is 185 Å². The topological polar surface area (TPSA) is 76.6 Å². The molecular formula is C23H26N4O3S. The van der Waals surface area contributed by atoms with Crippen molar-refractivity contribution in [3.8, 4) is 16.7 Å². The summed E-state index contributed by atoms with van der Waals surface area (Å²) < 4.78 is 12.7. The second kappa shape index (κ2) is 8.80. The number of benzene rings is 1. The number of amides is 1. The first kappa shape index (κ1) is 20.2. The molecule has 1 aromatic carbocycles. The number of ether oxygens (including phenoxy) is 2. The van der Waals surface area contributed by atoms with Gasteiger partial charge in [-0.3, -0.25) is 4.79 Å². The molecule has 31 heavy (non-hydrogen) atoms. The molecular weight excluding hydrogens is 412 g/mol. The number of thiazole rings is 1. The average Bonchev–Trinajstić information content (AvgIpc) is 3.30. The van der Waals surface area contributed by atoms with E-state index in [2.05, 4.69) is 20.2 Å². The summed E-state index contributed by atoms with van der Waals surface area (Å²) in [6.45, 7) is 3.09. The molecule has 2 aromatic heterocycles. The minimum Gasteiger partial charge on any atom is -0.492 e. The smallest absolute Gasteiger partial charge is 0.281 e. The van der Waals surface area contributed by atoms with Crippen molar-refractivity contribution in [2.75, 3.05) is 13.2 Å². The number of nitrogens with one attached hydrogen (secondary N) is 1. The molecule has 2 fully saturated rings. The van der Waals surface area contributed by atoms with Gasteiger partial charge < -0.3 is 19.7 Å². The molecule has 2 saturated heterocycles. The van der Waals surface area contributed by atoms with Crippen molar-refractivity contribution in [1.82, 2.24) is 20.2 Å². The minimum absolute atomic E-state index is 0.224. The predicted molar refractivity (Wildman–Crippen MR) is 120 cm³/mol. The van der Waals surface area contributed by atoms with Gasteiger partial charge >= 0.3 is 0 Å². The first-order chi connectivity index (χ1) is 15.2. The predicted octanol–water partition coefficient (Wildman–Crippen LogP) is 3.99. The summed E-state index contributed by atoms with van der Waals surface area (Å²) in [5.41, 5.74) is 0.704. The Hall–Kier alpha value is -2.71. The number of carbonyl (C=O) groups is 1. The van der Waals surface area contributed by atoms with Crippen LogP contribution in [0.25, 0.3) is 10.3 Å². The summed E-state index contributed by atoms with van der Waals surface area (Å²) in [6, 6.07) is 12.8. The van der Waals surface area contributed by atoms with Crippen LogP contribution >= 0.6 is 11.3 Å². The Morgan fingerprint density at radius 3 is 2.61 bits per heavy atom. The molecule has 0 radical (unpaired) electrons. The van der Waals surface area contributed by atoms with E-state index >= 15 is 0 Å². The number of hydrogen-bond donors (Lipinski definition) is 1. The lowest BCUT2D eigenvalue weighted by Gasteiger charge is -2.38. The maximum absolute atomic E-state index is 11.8. The molecule has 1 N–H and O–H groups in total. The van der Waals surface area contributed by atoms with E-state index in [-0.39, 0.29) is 5.91 Å². The summed E-state index contributed by atoms with van der Waals surface area (Å²) in [6.07, 6.45) is 6.10. The number of pyridine rings is 1. The van der Waals surface area contributed by atoms with Gasteiger partial charge in [0.1, 0.15) is 18.1 Å².